The molecule has 2 aromatic rings. The normalized spacial score (nSPS) is 15.3. The fourth-order valence-corrected chi connectivity index (χ4v) is 3.78. The third-order valence-electron chi connectivity index (χ3n) is 4.99. The predicted molar refractivity (Wildman–Crippen MR) is 107 cm³/mol. The molecule has 0 aromatic heterocycles. The van der Waals surface area contributed by atoms with E-state index >= 15 is 0 Å². The number of ether oxygens (including phenoxy) is 1. The van der Waals surface area contributed by atoms with Crippen LogP contribution < -0.4 is 0 Å². The molecular weight excluding hydrogens is 338 g/mol. The first-order valence-corrected chi connectivity index (χ1v) is 9.54. The van der Waals surface area contributed by atoms with Crippen molar-refractivity contribution in [3.8, 4) is 0 Å². The van der Waals surface area contributed by atoms with Crippen LogP contribution in [0, 0.1) is 0 Å². The Balaban J connectivity index is 1.89. The van der Waals surface area contributed by atoms with E-state index in [1.807, 2.05) is 45.0 Å². The molecule has 4 nitrogen and oxygen atoms in total. The lowest BCUT2D eigenvalue weighted by Gasteiger charge is -2.30. The van der Waals surface area contributed by atoms with Crippen molar-refractivity contribution >= 4 is 6.09 Å². The minimum Gasteiger partial charge on any atom is -0.444 e. The third kappa shape index (κ3) is 4.51. The maximum Gasteiger partial charge on any atom is 0.410 e. The van der Waals surface area contributed by atoms with Gasteiger partial charge in [-0.3, -0.25) is 0 Å². The highest BCUT2D eigenvalue weighted by Gasteiger charge is 2.31. The summed E-state index contributed by atoms with van der Waals surface area (Å²) in [5.74, 6) is -0.162. The summed E-state index contributed by atoms with van der Waals surface area (Å²) in [5, 5.41) is 11.2. The summed E-state index contributed by atoms with van der Waals surface area (Å²) in [4.78, 5) is 13.8. The summed E-state index contributed by atoms with van der Waals surface area (Å²) in [7, 11) is 1.67. The number of likely N-dealkylation sites (N-methyl/N-ethyl adjacent to an activating group) is 1. The van der Waals surface area contributed by atoms with E-state index in [2.05, 4.69) is 24.3 Å². The average molecular weight is 367 g/mol. The third-order valence-corrected chi connectivity index (χ3v) is 4.99. The van der Waals surface area contributed by atoms with Gasteiger partial charge < -0.3 is 14.7 Å². The van der Waals surface area contributed by atoms with E-state index in [9.17, 15) is 9.90 Å². The van der Waals surface area contributed by atoms with Gasteiger partial charge in [-0.25, -0.2) is 4.79 Å². The molecule has 1 N–H and O–H groups in total. The molecule has 0 radical (unpaired) electrons. The summed E-state index contributed by atoms with van der Waals surface area (Å²) in [5.41, 5.74) is 4.26. The van der Waals surface area contributed by atoms with E-state index < -0.39 is 17.8 Å². The molecule has 0 fully saturated rings. The Morgan fingerprint density at radius 3 is 2.04 bits per heavy atom. The van der Waals surface area contributed by atoms with Gasteiger partial charge in [0.2, 0.25) is 0 Å². The van der Waals surface area contributed by atoms with E-state index in [1.54, 1.807) is 7.05 Å². The number of carbonyl (C=O) groups is 1. The molecule has 0 unspecified atom stereocenters. The molecule has 1 aliphatic carbocycles. The van der Waals surface area contributed by atoms with E-state index in [4.69, 9.17) is 4.74 Å². The average Bonchev–Trinajstić information content (AvgIpc) is 2.77. The van der Waals surface area contributed by atoms with Gasteiger partial charge in [-0.2, -0.15) is 0 Å². The second-order valence-corrected chi connectivity index (χ2v) is 8.30. The van der Waals surface area contributed by atoms with Crippen LogP contribution in [0.1, 0.15) is 48.9 Å². The van der Waals surface area contributed by atoms with Crippen LogP contribution in [-0.2, 0) is 17.6 Å². The molecule has 0 aliphatic heterocycles. The van der Waals surface area contributed by atoms with Crippen LogP contribution in [0.25, 0.3) is 0 Å². The molecule has 2 aromatic carbocycles. The second kappa shape index (κ2) is 7.73. The highest BCUT2D eigenvalue weighted by Crippen LogP contribution is 2.36. The number of aliphatic hydroxyl groups is 1. The molecule has 1 amide bonds. The van der Waals surface area contributed by atoms with Crippen molar-refractivity contribution in [3.63, 3.8) is 0 Å². The van der Waals surface area contributed by atoms with Crippen LogP contribution in [0.4, 0.5) is 4.79 Å². The first-order valence-electron chi connectivity index (χ1n) is 9.54. The van der Waals surface area contributed by atoms with E-state index in [0.29, 0.717) is 0 Å². The van der Waals surface area contributed by atoms with Gasteiger partial charge in [0.15, 0.2) is 0 Å². The molecule has 0 saturated carbocycles. The number of aryl methyl sites for hydroxylation is 2. The summed E-state index contributed by atoms with van der Waals surface area (Å²) < 4.78 is 5.43. The van der Waals surface area contributed by atoms with Crippen molar-refractivity contribution in [3.05, 3.63) is 70.8 Å². The SMILES string of the molecule is CN(C[C@H](O)C1c2ccccc2CCc2ccccc21)C(=O)OC(C)(C)C. The highest BCUT2D eigenvalue weighted by atomic mass is 16.6. The second-order valence-electron chi connectivity index (χ2n) is 8.30. The highest BCUT2D eigenvalue weighted by molar-refractivity contribution is 5.67. The summed E-state index contributed by atoms with van der Waals surface area (Å²) in [6.45, 7) is 5.73. The van der Waals surface area contributed by atoms with Crippen LogP contribution in [-0.4, -0.2) is 41.4 Å². The van der Waals surface area contributed by atoms with Gasteiger partial charge in [-0.1, -0.05) is 48.5 Å². The molecule has 0 spiro atoms. The molecule has 144 valence electrons. The lowest BCUT2D eigenvalue weighted by atomic mass is 9.84. The van der Waals surface area contributed by atoms with Crippen molar-refractivity contribution in [1.29, 1.82) is 0 Å². The number of nitrogens with zero attached hydrogens (tertiary/aromatic N) is 1. The maximum atomic E-state index is 12.3. The number of hydrogen-bond acceptors (Lipinski definition) is 3. The summed E-state index contributed by atoms with van der Waals surface area (Å²) in [6.07, 6.45) is 0.774. The van der Waals surface area contributed by atoms with Crippen LogP contribution in [0.15, 0.2) is 48.5 Å². The Labute approximate surface area is 161 Å². The molecule has 1 aliphatic rings. The maximum absolute atomic E-state index is 12.3. The van der Waals surface area contributed by atoms with Crippen molar-refractivity contribution in [2.75, 3.05) is 13.6 Å². The van der Waals surface area contributed by atoms with Crippen LogP contribution in [0.3, 0.4) is 0 Å². The minimum absolute atomic E-state index is 0.162. The number of carbonyl (C=O) groups excluding carboxylic acids is 1. The largest absolute Gasteiger partial charge is 0.444 e. The minimum atomic E-state index is -0.720. The Hall–Kier alpha value is -2.33. The van der Waals surface area contributed by atoms with Crippen molar-refractivity contribution < 1.29 is 14.6 Å². The molecule has 4 heteroatoms. The smallest absolute Gasteiger partial charge is 0.410 e. The quantitative estimate of drug-likeness (QED) is 0.887. The van der Waals surface area contributed by atoms with E-state index in [0.717, 1.165) is 24.0 Å². The number of benzene rings is 2. The number of amides is 1. The summed E-state index contributed by atoms with van der Waals surface area (Å²) in [6, 6.07) is 16.6. The monoisotopic (exact) mass is 367 g/mol. The van der Waals surface area contributed by atoms with Crippen molar-refractivity contribution in [2.45, 2.75) is 51.2 Å². The lowest BCUT2D eigenvalue weighted by Crippen LogP contribution is -2.40. The van der Waals surface area contributed by atoms with Gasteiger partial charge in [0.05, 0.1) is 12.6 Å². The molecule has 3 rings (SSSR count). The van der Waals surface area contributed by atoms with Gasteiger partial charge in [0, 0.05) is 13.0 Å². The molecule has 0 saturated heterocycles. The number of fused-ring (bicyclic) bond motifs is 2. The summed E-state index contributed by atoms with van der Waals surface area (Å²) >= 11 is 0. The van der Waals surface area contributed by atoms with Gasteiger partial charge in [-0.05, 0) is 55.9 Å². The zero-order valence-electron chi connectivity index (χ0n) is 16.6. The van der Waals surface area contributed by atoms with E-state index in [1.165, 1.54) is 16.0 Å². The lowest BCUT2D eigenvalue weighted by molar-refractivity contribution is 0.0192. The van der Waals surface area contributed by atoms with Crippen molar-refractivity contribution in [1.82, 2.24) is 4.90 Å². The number of rotatable bonds is 3. The standard InChI is InChI=1S/C23H29NO3/c1-23(2,3)27-22(26)24(4)15-20(25)21-18-11-7-5-9-16(18)13-14-17-10-6-8-12-19(17)21/h5-12,20-21,25H,13-15H2,1-4H3/t20-/m0/s1. The zero-order chi connectivity index (χ0) is 19.6. The molecular formula is C23H29NO3. The fraction of sp³-hybridized carbons (Fsp3) is 0.435. The zero-order valence-corrected chi connectivity index (χ0v) is 16.6. The van der Waals surface area contributed by atoms with E-state index in [-0.39, 0.29) is 12.5 Å². The van der Waals surface area contributed by atoms with Gasteiger partial charge >= 0.3 is 6.09 Å². The Kier molecular flexibility index (Phi) is 5.56. The fourth-order valence-electron chi connectivity index (χ4n) is 3.78. The Morgan fingerprint density at radius 2 is 1.56 bits per heavy atom. The topological polar surface area (TPSA) is 49.8 Å². The van der Waals surface area contributed by atoms with Gasteiger partial charge in [0.25, 0.3) is 0 Å². The van der Waals surface area contributed by atoms with Crippen LogP contribution in [0.2, 0.25) is 0 Å². The first-order chi connectivity index (χ1) is 12.8. The molecule has 1 atom stereocenters. The molecule has 27 heavy (non-hydrogen) atoms. The number of aliphatic hydroxyl groups excluding tert-OH is 1. The van der Waals surface area contributed by atoms with Gasteiger partial charge in [-0.15, -0.1) is 0 Å². The van der Waals surface area contributed by atoms with Crippen LogP contribution in [0.5, 0.6) is 0 Å². The number of hydrogen-bond donors (Lipinski definition) is 1. The van der Waals surface area contributed by atoms with Gasteiger partial charge in [0.1, 0.15) is 5.60 Å². The first kappa shape index (κ1) is 19.4. The predicted octanol–water partition coefficient (Wildman–Crippen LogP) is 4.14. The Bertz CT molecular complexity index is 762. The molecule has 0 heterocycles. The van der Waals surface area contributed by atoms with Crippen molar-refractivity contribution in [2.24, 2.45) is 0 Å². The molecule has 0 bridgehead atoms. The Morgan fingerprint density at radius 1 is 1.07 bits per heavy atom. The van der Waals surface area contributed by atoms with Crippen LogP contribution >= 0.6 is 0 Å².